The molecule has 0 saturated carbocycles. The molecule has 4 heteroatoms. The molecule has 0 aromatic heterocycles. The summed E-state index contributed by atoms with van der Waals surface area (Å²) in [6, 6.07) is 8.22. The lowest BCUT2D eigenvalue weighted by molar-refractivity contribution is 0.456. The Morgan fingerprint density at radius 3 is 2.47 bits per heavy atom. The van der Waals surface area contributed by atoms with Gasteiger partial charge in [0.05, 0.1) is 0 Å². The molecule has 0 radical (unpaired) electrons. The molecule has 100 valence electrons. The van der Waals surface area contributed by atoms with E-state index < -0.39 is 11.9 Å². The fraction of sp³-hybridized carbons (Fsp3) is 0.200. The average molecular weight is 263 g/mol. The summed E-state index contributed by atoms with van der Waals surface area (Å²) in [5.74, 6) is 0.0855. The van der Waals surface area contributed by atoms with Gasteiger partial charge in [-0.25, -0.2) is 8.78 Å². The summed E-state index contributed by atoms with van der Waals surface area (Å²) in [5, 5.41) is 0. The smallest absolute Gasteiger partial charge is 0.135 e. The standard InChI is InChI=1S/C15H15F2NO/c1-9-8-11(16)6-7-13(9)19-14-5-3-4-12(17)15(14)10(2)18/h3-8,10H,18H2,1-2H3/t10-/m0/s1. The van der Waals surface area contributed by atoms with Gasteiger partial charge in [-0.1, -0.05) is 6.07 Å². The Hall–Kier alpha value is -1.94. The van der Waals surface area contributed by atoms with E-state index in [1.165, 1.54) is 24.3 Å². The molecule has 0 bridgehead atoms. The summed E-state index contributed by atoms with van der Waals surface area (Å²) in [7, 11) is 0. The molecule has 0 heterocycles. The molecule has 0 aliphatic carbocycles. The van der Waals surface area contributed by atoms with Crippen molar-refractivity contribution in [3.8, 4) is 11.5 Å². The van der Waals surface area contributed by atoms with Gasteiger partial charge < -0.3 is 10.5 Å². The first kappa shape index (κ1) is 13.5. The van der Waals surface area contributed by atoms with Gasteiger partial charge in [0, 0.05) is 11.6 Å². The third-order valence-electron chi connectivity index (χ3n) is 2.83. The highest BCUT2D eigenvalue weighted by Gasteiger charge is 2.15. The van der Waals surface area contributed by atoms with Crippen molar-refractivity contribution in [3.63, 3.8) is 0 Å². The topological polar surface area (TPSA) is 35.2 Å². The van der Waals surface area contributed by atoms with E-state index in [1.54, 1.807) is 26.0 Å². The number of aryl methyl sites for hydroxylation is 1. The second-order valence-corrected chi connectivity index (χ2v) is 4.45. The van der Waals surface area contributed by atoms with E-state index in [2.05, 4.69) is 0 Å². The molecule has 0 amide bonds. The maximum absolute atomic E-state index is 13.7. The van der Waals surface area contributed by atoms with Gasteiger partial charge in [0.15, 0.2) is 0 Å². The lowest BCUT2D eigenvalue weighted by Gasteiger charge is -2.15. The van der Waals surface area contributed by atoms with Crippen molar-refractivity contribution in [1.82, 2.24) is 0 Å². The fourth-order valence-electron chi connectivity index (χ4n) is 1.89. The average Bonchev–Trinajstić information content (AvgIpc) is 2.32. The van der Waals surface area contributed by atoms with E-state index in [-0.39, 0.29) is 5.82 Å². The van der Waals surface area contributed by atoms with Gasteiger partial charge in [-0.2, -0.15) is 0 Å². The molecule has 1 atom stereocenters. The largest absolute Gasteiger partial charge is 0.457 e. The molecule has 2 rings (SSSR count). The van der Waals surface area contributed by atoms with Crippen molar-refractivity contribution < 1.29 is 13.5 Å². The Kier molecular flexibility index (Phi) is 3.81. The predicted molar refractivity (Wildman–Crippen MR) is 70.2 cm³/mol. The molecule has 2 nitrogen and oxygen atoms in total. The van der Waals surface area contributed by atoms with E-state index in [9.17, 15) is 8.78 Å². The third kappa shape index (κ3) is 2.90. The van der Waals surface area contributed by atoms with Crippen molar-refractivity contribution in [2.45, 2.75) is 19.9 Å². The van der Waals surface area contributed by atoms with Crippen LogP contribution < -0.4 is 10.5 Å². The summed E-state index contributed by atoms with van der Waals surface area (Å²) < 4.78 is 32.4. The van der Waals surface area contributed by atoms with Crippen LogP contribution in [0.3, 0.4) is 0 Å². The molecule has 0 aliphatic heterocycles. The molecule has 19 heavy (non-hydrogen) atoms. The van der Waals surface area contributed by atoms with Crippen molar-refractivity contribution in [2.24, 2.45) is 5.73 Å². The number of benzene rings is 2. The number of nitrogens with two attached hydrogens (primary N) is 1. The fourth-order valence-corrected chi connectivity index (χ4v) is 1.89. The Morgan fingerprint density at radius 2 is 1.84 bits per heavy atom. The van der Waals surface area contributed by atoms with Gasteiger partial charge in [0.25, 0.3) is 0 Å². The van der Waals surface area contributed by atoms with E-state index >= 15 is 0 Å². The summed E-state index contributed by atoms with van der Waals surface area (Å²) in [6.45, 7) is 3.41. The highest BCUT2D eigenvalue weighted by molar-refractivity contribution is 5.42. The van der Waals surface area contributed by atoms with Crippen LogP contribution in [0.1, 0.15) is 24.1 Å². The van der Waals surface area contributed by atoms with E-state index in [0.717, 1.165) is 0 Å². The van der Waals surface area contributed by atoms with Crippen LogP contribution in [-0.2, 0) is 0 Å². The van der Waals surface area contributed by atoms with E-state index in [0.29, 0.717) is 22.6 Å². The minimum Gasteiger partial charge on any atom is -0.457 e. The van der Waals surface area contributed by atoms with Gasteiger partial charge in [-0.15, -0.1) is 0 Å². The van der Waals surface area contributed by atoms with Crippen LogP contribution in [0.25, 0.3) is 0 Å². The maximum atomic E-state index is 13.7. The van der Waals surface area contributed by atoms with Crippen molar-refractivity contribution in [2.75, 3.05) is 0 Å². The van der Waals surface area contributed by atoms with Crippen LogP contribution in [0.15, 0.2) is 36.4 Å². The van der Waals surface area contributed by atoms with Crippen LogP contribution in [-0.4, -0.2) is 0 Å². The monoisotopic (exact) mass is 263 g/mol. The van der Waals surface area contributed by atoms with E-state index in [1.807, 2.05) is 0 Å². The molecular formula is C15H15F2NO. The Bertz CT molecular complexity index is 597. The Morgan fingerprint density at radius 1 is 1.11 bits per heavy atom. The van der Waals surface area contributed by atoms with Crippen LogP contribution in [0, 0.1) is 18.6 Å². The predicted octanol–water partition coefficient (Wildman–Crippen LogP) is 4.09. The number of rotatable bonds is 3. The molecule has 0 aliphatic rings. The van der Waals surface area contributed by atoms with Crippen LogP contribution in [0.2, 0.25) is 0 Å². The molecule has 2 aromatic rings. The first-order valence-corrected chi connectivity index (χ1v) is 5.97. The summed E-state index contributed by atoms with van der Waals surface area (Å²) in [5.41, 5.74) is 6.70. The molecular weight excluding hydrogens is 248 g/mol. The van der Waals surface area contributed by atoms with Crippen molar-refractivity contribution >= 4 is 0 Å². The highest BCUT2D eigenvalue weighted by Crippen LogP contribution is 2.32. The highest BCUT2D eigenvalue weighted by atomic mass is 19.1. The second kappa shape index (κ2) is 5.36. The van der Waals surface area contributed by atoms with Crippen LogP contribution in [0.4, 0.5) is 8.78 Å². The summed E-state index contributed by atoms with van der Waals surface area (Å²) >= 11 is 0. The lowest BCUT2D eigenvalue weighted by atomic mass is 10.1. The Balaban J connectivity index is 2.41. The van der Waals surface area contributed by atoms with Gasteiger partial charge >= 0.3 is 0 Å². The van der Waals surface area contributed by atoms with Crippen molar-refractivity contribution in [3.05, 3.63) is 59.2 Å². The van der Waals surface area contributed by atoms with E-state index in [4.69, 9.17) is 10.5 Å². The summed E-state index contributed by atoms with van der Waals surface area (Å²) in [4.78, 5) is 0. The van der Waals surface area contributed by atoms with Gasteiger partial charge in [0.1, 0.15) is 23.1 Å². The second-order valence-electron chi connectivity index (χ2n) is 4.45. The SMILES string of the molecule is Cc1cc(F)ccc1Oc1cccc(F)c1[C@H](C)N. The number of ether oxygens (including phenoxy) is 1. The zero-order valence-electron chi connectivity index (χ0n) is 10.8. The first-order valence-electron chi connectivity index (χ1n) is 5.97. The molecule has 0 fully saturated rings. The Labute approximate surface area is 110 Å². The molecule has 2 N–H and O–H groups in total. The van der Waals surface area contributed by atoms with Gasteiger partial charge in [-0.3, -0.25) is 0 Å². The zero-order valence-corrected chi connectivity index (χ0v) is 10.8. The zero-order chi connectivity index (χ0) is 14.0. The van der Waals surface area contributed by atoms with Crippen LogP contribution in [0.5, 0.6) is 11.5 Å². The molecule has 2 aromatic carbocycles. The summed E-state index contributed by atoms with van der Waals surface area (Å²) in [6.07, 6.45) is 0. The number of hydrogen-bond acceptors (Lipinski definition) is 2. The quantitative estimate of drug-likeness (QED) is 0.905. The minimum atomic E-state index is -0.489. The van der Waals surface area contributed by atoms with Crippen LogP contribution >= 0.6 is 0 Å². The van der Waals surface area contributed by atoms with Crippen molar-refractivity contribution in [1.29, 1.82) is 0 Å². The maximum Gasteiger partial charge on any atom is 0.135 e. The van der Waals surface area contributed by atoms with Gasteiger partial charge in [0.2, 0.25) is 0 Å². The lowest BCUT2D eigenvalue weighted by Crippen LogP contribution is -2.09. The molecule has 0 saturated heterocycles. The van der Waals surface area contributed by atoms with Gasteiger partial charge in [-0.05, 0) is 49.7 Å². The normalized spacial score (nSPS) is 12.3. The molecule has 0 unspecified atom stereocenters. The number of halogens is 2. The minimum absolute atomic E-state index is 0.311. The number of hydrogen-bond donors (Lipinski definition) is 1. The first-order chi connectivity index (χ1) is 8.99. The third-order valence-corrected chi connectivity index (χ3v) is 2.83. The molecule has 0 spiro atoms.